The van der Waals surface area contributed by atoms with Gasteiger partial charge in [0.2, 0.25) is 0 Å². The fourth-order valence-corrected chi connectivity index (χ4v) is 3.73. The van der Waals surface area contributed by atoms with E-state index in [-0.39, 0.29) is 18.3 Å². The number of Topliss-reactive ketones (excluding diaryl/α,β-unsaturated/α-hetero) is 1. The number of carbonyl (C=O) groups excluding carboxylic acids is 1. The van der Waals surface area contributed by atoms with Crippen LogP contribution in [0.3, 0.4) is 0 Å². The van der Waals surface area contributed by atoms with Gasteiger partial charge in [-0.25, -0.2) is 0 Å². The molecule has 3 aromatic rings. The van der Waals surface area contributed by atoms with E-state index in [2.05, 4.69) is 86.7 Å². The Morgan fingerprint density at radius 2 is 1.67 bits per heavy atom. The van der Waals surface area contributed by atoms with Crippen LogP contribution >= 0.6 is 0 Å². The summed E-state index contributed by atoms with van der Waals surface area (Å²) in [6, 6.07) is 23.3. The molecule has 0 saturated carbocycles. The predicted octanol–water partition coefficient (Wildman–Crippen LogP) is 6.27. The summed E-state index contributed by atoms with van der Waals surface area (Å²) in [5.41, 5.74) is 8.54. The fraction of sp³-hybridized carbons (Fsp3) is 0.250. The minimum absolute atomic E-state index is 0.0542. The molecule has 1 N–H and O–H groups in total. The largest absolute Gasteiger partial charge is 0.396 e. The van der Waals surface area contributed by atoms with Gasteiger partial charge in [-0.1, -0.05) is 78.9 Å². The van der Waals surface area contributed by atoms with E-state index in [1.165, 1.54) is 38.9 Å². The molecule has 0 aromatic heterocycles. The lowest BCUT2D eigenvalue weighted by molar-refractivity contribution is -0.122. The summed E-state index contributed by atoms with van der Waals surface area (Å²) in [5, 5.41) is 9.38. The third-order valence-corrected chi connectivity index (χ3v) is 5.82. The van der Waals surface area contributed by atoms with Crippen molar-refractivity contribution in [3.05, 3.63) is 94.5 Å². The number of carbonyl (C=O) groups is 1. The van der Waals surface area contributed by atoms with Crippen molar-refractivity contribution < 1.29 is 9.90 Å². The van der Waals surface area contributed by atoms with Gasteiger partial charge in [0.25, 0.3) is 0 Å². The molecule has 30 heavy (non-hydrogen) atoms. The molecule has 1 atom stereocenters. The first-order chi connectivity index (χ1) is 14.5. The Morgan fingerprint density at radius 3 is 2.37 bits per heavy atom. The van der Waals surface area contributed by atoms with Crippen LogP contribution in [0, 0.1) is 19.8 Å². The summed E-state index contributed by atoms with van der Waals surface area (Å²) >= 11 is 0. The topological polar surface area (TPSA) is 37.3 Å². The van der Waals surface area contributed by atoms with Crippen molar-refractivity contribution in [2.75, 3.05) is 6.61 Å². The summed E-state index contributed by atoms with van der Waals surface area (Å²) in [5.74, 6) is -0.216. The van der Waals surface area contributed by atoms with E-state index in [0.717, 1.165) is 6.42 Å². The van der Waals surface area contributed by atoms with Gasteiger partial charge >= 0.3 is 0 Å². The van der Waals surface area contributed by atoms with Gasteiger partial charge in [0.15, 0.2) is 0 Å². The van der Waals surface area contributed by atoms with E-state index >= 15 is 0 Å². The number of rotatable bonds is 8. The SMILES string of the molecule is CC(=O)[C@@H](CO)CCc1ccc(C)c(/C=C/c2cccc(-c3ccccc3)c2C)c1. The third kappa shape index (κ3) is 5.34. The first-order valence-electron chi connectivity index (χ1n) is 10.5. The zero-order valence-electron chi connectivity index (χ0n) is 18.1. The van der Waals surface area contributed by atoms with Gasteiger partial charge < -0.3 is 5.11 Å². The van der Waals surface area contributed by atoms with Gasteiger partial charge in [0.1, 0.15) is 5.78 Å². The first kappa shape index (κ1) is 21.7. The monoisotopic (exact) mass is 398 g/mol. The molecule has 0 aliphatic rings. The summed E-state index contributed by atoms with van der Waals surface area (Å²) < 4.78 is 0. The Morgan fingerprint density at radius 1 is 0.933 bits per heavy atom. The van der Waals surface area contributed by atoms with E-state index in [4.69, 9.17) is 0 Å². The molecule has 3 aromatic carbocycles. The highest BCUT2D eigenvalue weighted by molar-refractivity contribution is 5.79. The smallest absolute Gasteiger partial charge is 0.135 e. The standard InChI is InChI=1S/C28H30O2/c1-20-12-13-23(14-15-27(19-29)22(3)30)18-26(20)17-16-24-10-7-11-28(21(24)2)25-8-5-4-6-9-25/h4-13,16-18,27,29H,14-15,19H2,1-3H3/b17-16+/t27-/m1/s1. The number of hydrogen-bond donors (Lipinski definition) is 1. The van der Waals surface area contributed by atoms with Crippen molar-refractivity contribution in [2.45, 2.75) is 33.6 Å². The number of ketones is 1. The number of aliphatic hydroxyl groups is 1. The van der Waals surface area contributed by atoms with E-state index in [1.807, 2.05) is 6.07 Å². The van der Waals surface area contributed by atoms with Crippen LogP contribution in [0.25, 0.3) is 23.3 Å². The van der Waals surface area contributed by atoms with Gasteiger partial charge in [-0.15, -0.1) is 0 Å². The highest BCUT2D eigenvalue weighted by Gasteiger charge is 2.13. The number of benzene rings is 3. The van der Waals surface area contributed by atoms with Crippen molar-refractivity contribution in [3.63, 3.8) is 0 Å². The van der Waals surface area contributed by atoms with Crippen LogP contribution < -0.4 is 0 Å². The molecule has 0 aliphatic carbocycles. The van der Waals surface area contributed by atoms with E-state index < -0.39 is 0 Å². The highest BCUT2D eigenvalue weighted by atomic mass is 16.3. The molecular formula is C28H30O2. The number of hydrogen-bond acceptors (Lipinski definition) is 2. The zero-order chi connectivity index (χ0) is 21.5. The second-order valence-electron chi connectivity index (χ2n) is 7.94. The maximum Gasteiger partial charge on any atom is 0.135 e. The second kappa shape index (κ2) is 10.2. The summed E-state index contributed by atoms with van der Waals surface area (Å²) in [4.78, 5) is 11.6. The summed E-state index contributed by atoms with van der Waals surface area (Å²) in [6.07, 6.45) is 5.81. The Kier molecular flexibility index (Phi) is 7.37. The van der Waals surface area contributed by atoms with Gasteiger partial charge in [-0.3, -0.25) is 4.79 Å². The Labute approximate surface area is 179 Å². The molecule has 0 amide bonds. The summed E-state index contributed by atoms with van der Waals surface area (Å²) in [7, 11) is 0. The Hall–Kier alpha value is -2.97. The van der Waals surface area contributed by atoms with Gasteiger partial charge in [0.05, 0.1) is 6.61 Å². The second-order valence-corrected chi connectivity index (χ2v) is 7.94. The zero-order valence-corrected chi connectivity index (χ0v) is 18.1. The number of aliphatic hydroxyl groups excluding tert-OH is 1. The summed E-state index contributed by atoms with van der Waals surface area (Å²) in [6.45, 7) is 5.76. The molecule has 2 heteroatoms. The van der Waals surface area contributed by atoms with Crippen LogP contribution in [-0.2, 0) is 11.2 Å². The lowest BCUT2D eigenvalue weighted by Gasteiger charge is -2.12. The number of aryl methyl sites for hydroxylation is 2. The molecule has 2 nitrogen and oxygen atoms in total. The van der Waals surface area contributed by atoms with Crippen molar-refractivity contribution >= 4 is 17.9 Å². The fourth-order valence-electron chi connectivity index (χ4n) is 3.73. The minimum Gasteiger partial charge on any atom is -0.396 e. The molecule has 154 valence electrons. The maximum absolute atomic E-state index is 11.6. The molecule has 3 rings (SSSR count). The van der Waals surface area contributed by atoms with Crippen molar-refractivity contribution in [2.24, 2.45) is 5.92 Å². The molecule has 0 saturated heterocycles. The van der Waals surface area contributed by atoms with E-state index in [1.54, 1.807) is 6.92 Å². The van der Waals surface area contributed by atoms with Gasteiger partial charge in [-0.05, 0) is 72.6 Å². The average Bonchev–Trinajstić information content (AvgIpc) is 2.75. The van der Waals surface area contributed by atoms with Crippen molar-refractivity contribution in [3.8, 4) is 11.1 Å². The third-order valence-electron chi connectivity index (χ3n) is 5.82. The molecule has 0 fully saturated rings. The van der Waals surface area contributed by atoms with Gasteiger partial charge in [-0.2, -0.15) is 0 Å². The highest BCUT2D eigenvalue weighted by Crippen LogP contribution is 2.27. The van der Waals surface area contributed by atoms with Gasteiger partial charge in [0, 0.05) is 5.92 Å². The molecule has 0 heterocycles. The van der Waals surface area contributed by atoms with E-state index in [9.17, 15) is 9.90 Å². The minimum atomic E-state index is -0.270. The Balaban J connectivity index is 1.82. The van der Waals surface area contributed by atoms with Crippen LogP contribution in [0.1, 0.15) is 41.2 Å². The normalized spacial score (nSPS) is 12.3. The average molecular weight is 399 g/mol. The molecule has 0 aliphatic heterocycles. The maximum atomic E-state index is 11.6. The lowest BCUT2D eigenvalue weighted by atomic mass is 9.94. The van der Waals surface area contributed by atoms with E-state index in [0.29, 0.717) is 6.42 Å². The van der Waals surface area contributed by atoms with Crippen LogP contribution in [0.5, 0.6) is 0 Å². The molecule has 0 unspecified atom stereocenters. The first-order valence-corrected chi connectivity index (χ1v) is 10.5. The van der Waals surface area contributed by atoms with Crippen LogP contribution in [-0.4, -0.2) is 17.5 Å². The van der Waals surface area contributed by atoms with Crippen molar-refractivity contribution in [1.29, 1.82) is 0 Å². The molecule has 0 spiro atoms. The Bertz CT molecular complexity index is 1030. The van der Waals surface area contributed by atoms with Crippen LogP contribution in [0.2, 0.25) is 0 Å². The molecule has 0 radical (unpaired) electrons. The van der Waals surface area contributed by atoms with Crippen molar-refractivity contribution in [1.82, 2.24) is 0 Å². The molecular weight excluding hydrogens is 368 g/mol. The quantitative estimate of drug-likeness (QED) is 0.454. The predicted molar refractivity (Wildman–Crippen MR) is 126 cm³/mol. The molecule has 0 bridgehead atoms. The van der Waals surface area contributed by atoms with Crippen LogP contribution in [0.4, 0.5) is 0 Å². The lowest BCUT2D eigenvalue weighted by Crippen LogP contribution is -2.16. The van der Waals surface area contributed by atoms with Crippen LogP contribution in [0.15, 0.2) is 66.7 Å².